The monoisotopic (exact) mass is 259 g/mol. The minimum absolute atomic E-state index is 0.193. The van der Waals surface area contributed by atoms with E-state index in [0.29, 0.717) is 12.3 Å². The third kappa shape index (κ3) is 3.69. The van der Waals surface area contributed by atoms with E-state index in [2.05, 4.69) is 36.1 Å². The highest BCUT2D eigenvalue weighted by atomic mass is 16.4. The van der Waals surface area contributed by atoms with Crippen LogP contribution in [0.3, 0.4) is 0 Å². The molecular weight excluding hydrogens is 242 g/mol. The molecule has 1 aromatic heterocycles. The molecule has 1 N–H and O–H groups in total. The van der Waals surface area contributed by atoms with Crippen molar-refractivity contribution in [3.63, 3.8) is 0 Å². The Kier molecular flexibility index (Phi) is 4.02. The number of hydrogen-bond donors (Lipinski definition) is 1. The lowest BCUT2D eigenvalue weighted by Gasteiger charge is -2.15. The van der Waals surface area contributed by atoms with Gasteiger partial charge in [0.15, 0.2) is 0 Å². The zero-order valence-corrected chi connectivity index (χ0v) is 11.1. The lowest BCUT2D eigenvalue weighted by Crippen LogP contribution is -2.16. The third-order valence-electron chi connectivity index (χ3n) is 2.90. The first-order valence-electron chi connectivity index (χ1n) is 6.09. The lowest BCUT2D eigenvalue weighted by atomic mass is 10.1. The van der Waals surface area contributed by atoms with E-state index >= 15 is 0 Å². The van der Waals surface area contributed by atoms with Crippen molar-refractivity contribution >= 4 is 5.97 Å². The lowest BCUT2D eigenvalue weighted by molar-refractivity contribution is 0.0696. The minimum Gasteiger partial charge on any atom is -0.478 e. The molecule has 0 aliphatic carbocycles. The molecule has 0 amide bonds. The average Bonchev–Trinajstić information content (AvgIpc) is 2.80. The van der Waals surface area contributed by atoms with Crippen LogP contribution in [0.4, 0.5) is 0 Å². The molecule has 2 rings (SSSR count). The summed E-state index contributed by atoms with van der Waals surface area (Å²) in [5.41, 5.74) is 2.65. The normalized spacial score (nSPS) is 10.9. The predicted molar refractivity (Wildman–Crippen MR) is 72.0 cm³/mol. The van der Waals surface area contributed by atoms with Crippen LogP contribution in [0, 0.1) is 6.92 Å². The van der Waals surface area contributed by atoms with Gasteiger partial charge in [0.05, 0.1) is 12.1 Å². The van der Waals surface area contributed by atoms with E-state index in [9.17, 15) is 4.79 Å². The average molecular weight is 259 g/mol. The SMILES string of the molecule is Cc1ccc(CN(C)Cc2cc(C(=O)O)co2)cc1. The largest absolute Gasteiger partial charge is 0.478 e. The maximum atomic E-state index is 10.7. The van der Waals surface area contributed by atoms with Crippen molar-refractivity contribution in [3.05, 3.63) is 59.0 Å². The quantitative estimate of drug-likeness (QED) is 0.897. The fourth-order valence-corrected chi connectivity index (χ4v) is 1.90. The number of carboxylic acids is 1. The van der Waals surface area contributed by atoms with Gasteiger partial charge in [-0.05, 0) is 25.6 Å². The van der Waals surface area contributed by atoms with E-state index in [4.69, 9.17) is 9.52 Å². The zero-order chi connectivity index (χ0) is 13.8. The van der Waals surface area contributed by atoms with Gasteiger partial charge in [-0.25, -0.2) is 4.79 Å². The van der Waals surface area contributed by atoms with E-state index < -0.39 is 5.97 Å². The molecule has 0 spiro atoms. The number of aryl methyl sites for hydroxylation is 1. The molecule has 4 nitrogen and oxygen atoms in total. The van der Waals surface area contributed by atoms with Crippen molar-refractivity contribution in [2.24, 2.45) is 0 Å². The van der Waals surface area contributed by atoms with Crippen LogP contribution in [-0.2, 0) is 13.1 Å². The van der Waals surface area contributed by atoms with Crippen molar-refractivity contribution in [2.45, 2.75) is 20.0 Å². The summed E-state index contributed by atoms with van der Waals surface area (Å²) in [6.07, 6.45) is 1.28. The highest BCUT2D eigenvalue weighted by Crippen LogP contribution is 2.12. The van der Waals surface area contributed by atoms with Crippen LogP contribution in [0.25, 0.3) is 0 Å². The summed E-state index contributed by atoms with van der Waals surface area (Å²) in [5.74, 6) is -0.303. The first kappa shape index (κ1) is 13.4. The molecule has 0 radical (unpaired) electrons. The predicted octanol–water partition coefficient (Wildman–Crippen LogP) is 2.92. The van der Waals surface area contributed by atoms with E-state index in [1.807, 2.05) is 7.05 Å². The Bertz CT molecular complexity index is 557. The number of rotatable bonds is 5. The summed E-state index contributed by atoms with van der Waals surface area (Å²) in [4.78, 5) is 12.8. The highest BCUT2D eigenvalue weighted by molar-refractivity contribution is 5.87. The highest BCUT2D eigenvalue weighted by Gasteiger charge is 2.10. The molecule has 1 aromatic carbocycles. The summed E-state index contributed by atoms with van der Waals surface area (Å²) in [6.45, 7) is 3.44. The molecule has 0 unspecified atom stereocenters. The summed E-state index contributed by atoms with van der Waals surface area (Å²) in [6, 6.07) is 9.92. The van der Waals surface area contributed by atoms with Gasteiger partial charge in [0.25, 0.3) is 0 Å². The molecule has 4 heteroatoms. The van der Waals surface area contributed by atoms with Crippen LogP contribution in [-0.4, -0.2) is 23.0 Å². The molecule has 0 saturated heterocycles. The van der Waals surface area contributed by atoms with Gasteiger partial charge in [0, 0.05) is 6.54 Å². The summed E-state index contributed by atoms with van der Waals surface area (Å²) < 4.78 is 5.23. The molecule has 0 bridgehead atoms. The van der Waals surface area contributed by atoms with Crippen LogP contribution < -0.4 is 0 Å². The molecule has 2 aromatic rings. The second-order valence-corrected chi connectivity index (χ2v) is 4.76. The first-order valence-corrected chi connectivity index (χ1v) is 6.09. The Labute approximate surface area is 112 Å². The van der Waals surface area contributed by atoms with Gasteiger partial charge in [0.2, 0.25) is 0 Å². The smallest absolute Gasteiger partial charge is 0.338 e. The maximum Gasteiger partial charge on any atom is 0.338 e. The fourth-order valence-electron chi connectivity index (χ4n) is 1.90. The van der Waals surface area contributed by atoms with Crippen LogP contribution in [0.5, 0.6) is 0 Å². The van der Waals surface area contributed by atoms with Gasteiger partial charge >= 0.3 is 5.97 Å². The van der Waals surface area contributed by atoms with Crippen molar-refractivity contribution in [2.75, 3.05) is 7.05 Å². The van der Waals surface area contributed by atoms with Crippen molar-refractivity contribution in [1.82, 2.24) is 4.90 Å². The third-order valence-corrected chi connectivity index (χ3v) is 2.90. The van der Waals surface area contributed by atoms with Crippen LogP contribution in [0.1, 0.15) is 27.2 Å². The van der Waals surface area contributed by atoms with Crippen molar-refractivity contribution < 1.29 is 14.3 Å². The number of furan rings is 1. The van der Waals surface area contributed by atoms with E-state index in [0.717, 1.165) is 6.54 Å². The molecule has 1 heterocycles. The molecule has 0 aliphatic heterocycles. The molecular formula is C15H17NO3. The summed E-state index contributed by atoms with van der Waals surface area (Å²) in [5, 5.41) is 8.82. The van der Waals surface area contributed by atoms with Crippen molar-refractivity contribution in [3.8, 4) is 0 Å². The van der Waals surface area contributed by atoms with Crippen LogP contribution in [0.2, 0.25) is 0 Å². The van der Waals surface area contributed by atoms with Crippen molar-refractivity contribution in [1.29, 1.82) is 0 Å². The maximum absolute atomic E-state index is 10.7. The first-order chi connectivity index (χ1) is 9.04. The zero-order valence-electron chi connectivity index (χ0n) is 11.1. The topological polar surface area (TPSA) is 53.7 Å². The number of aromatic carboxylic acids is 1. The van der Waals surface area contributed by atoms with Gasteiger partial charge < -0.3 is 9.52 Å². The Balaban J connectivity index is 1.94. The molecule has 0 fully saturated rings. The molecule has 0 saturated carbocycles. The fraction of sp³-hybridized carbons (Fsp3) is 0.267. The van der Waals surface area contributed by atoms with Gasteiger partial charge in [-0.1, -0.05) is 29.8 Å². The number of benzene rings is 1. The molecule has 0 aliphatic rings. The molecule has 19 heavy (non-hydrogen) atoms. The van der Waals surface area contributed by atoms with Crippen LogP contribution in [0.15, 0.2) is 41.0 Å². The number of carboxylic acid groups (broad SMARTS) is 1. The minimum atomic E-state index is -0.962. The van der Waals surface area contributed by atoms with Gasteiger partial charge in [-0.2, -0.15) is 0 Å². The second kappa shape index (κ2) is 5.71. The van der Waals surface area contributed by atoms with Crippen LogP contribution >= 0.6 is 0 Å². The summed E-state index contributed by atoms with van der Waals surface area (Å²) in [7, 11) is 1.98. The van der Waals surface area contributed by atoms with E-state index in [1.54, 1.807) is 6.07 Å². The standard InChI is InChI=1S/C15H17NO3/c1-11-3-5-12(6-4-11)8-16(2)9-14-7-13(10-19-14)15(17)18/h3-7,10H,8-9H2,1-2H3,(H,17,18). The van der Waals surface area contributed by atoms with E-state index in [1.165, 1.54) is 17.4 Å². The van der Waals surface area contributed by atoms with Gasteiger partial charge in [0.1, 0.15) is 12.0 Å². The Morgan fingerprint density at radius 2 is 1.95 bits per heavy atom. The second-order valence-electron chi connectivity index (χ2n) is 4.76. The Morgan fingerprint density at radius 1 is 1.26 bits per heavy atom. The molecule has 100 valence electrons. The number of hydrogen-bond acceptors (Lipinski definition) is 3. The number of nitrogens with zero attached hydrogens (tertiary/aromatic N) is 1. The van der Waals surface area contributed by atoms with Gasteiger partial charge in [-0.15, -0.1) is 0 Å². The number of carbonyl (C=O) groups is 1. The Morgan fingerprint density at radius 3 is 2.53 bits per heavy atom. The summed E-state index contributed by atoms with van der Waals surface area (Å²) >= 11 is 0. The van der Waals surface area contributed by atoms with Gasteiger partial charge in [-0.3, -0.25) is 4.90 Å². The van der Waals surface area contributed by atoms with E-state index in [-0.39, 0.29) is 5.56 Å². The molecule has 0 atom stereocenters. The Hall–Kier alpha value is -2.07.